The molecule has 1 aromatic carbocycles. The quantitative estimate of drug-likeness (QED) is 0.862. The van der Waals surface area contributed by atoms with Gasteiger partial charge in [0.05, 0.1) is 0 Å². The molecule has 3 nitrogen and oxygen atoms in total. The second-order valence-electron chi connectivity index (χ2n) is 5.68. The largest absolute Gasteiger partial charge is 0.244 e. The third kappa shape index (κ3) is 3.24. The van der Waals surface area contributed by atoms with Gasteiger partial charge in [-0.15, -0.1) is 0 Å². The van der Waals surface area contributed by atoms with Crippen molar-refractivity contribution in [1.29, 1.82) is 0 Å². The Kier molecular flexibility index (Phi) is 3.90. The van der Waals surface area contributed by atoms with Crippen molar-refractivity contribution in [3.8, 4) is 0 Å². The number of halogens is 1. The first-order valence-corrected chi connectivity index (χ1v) is 9.10. The van der Waals surface area contributed by atoms with Gasteiger partial charge in [0.1, 0.15) is 5.82 Å². The van der Waals surface area contributed by atoms with Gasteiger partial charge in [-0.25, -0.2) is 17.8 Å². The average molecular weight is 329 g/mol. The van der Waals surface area contributed by atoms with E-state index < -0.39 is 9.84 Å². The van der Waals surface area contributed by atoms with Crippen LogP contribution in [0.25, 0.3) is 11.1 Å². The summed E-state index contributed by atoms with van der Waals surface area (Å²) in [7, 11) is -3.31. The summed E-state index contributed by atoms with van der Waals surface area (Å²) in [5, 5.41) is 0.0557. The maximum absolute atomic E-state index is 13.1. The van der Waals surface area contributed by atoms with E-state index in [2.05, 4.69) is 24.1 Å². The summed E-state index contributed by atoms with van der Waals surface area (Å²) in [6.45, 7) is 2.06. The molecule has 0 amide bonds. The fourth-order valence-electron chi connectivity index (χ4n) is 2.65. The van der Waals surface area contributed by atoms with E-state index in [1.807, 2.05) is 0 Å². The maximum Gasteiger partial charge on any atom is 0.192 e. The minimum atomic E-state index is -3.31. The van der Waals surface area contributed by atoms with Crippen molar-refractivity contribution >= 4 is 21.0 Å². The van der Waals surface area contributed by atoms with Crippen molar-refractivity contribution < 1.29 is 12.8 Å². The van der Waals surface area contributed by atoms with Crippen LogP contribution in [0.5, 0.6) is 0 Å². The molecule has 23 heavy (non-hydrogen) atoms. The smallest absolute Gasteiger partial charge is 0.192 e. The lowest BCUT2D eigenvalue weighted by molar-refractivity contribution is 0.598. The highest BCUT2D eigenvalue weighted by molar-refractivity contribution is 7.90. The van der Waals surface area contributed by atoms with Crippen molar-refractivity contribution in [1.82, 2.24) is 4.98 Å². The van der Waals surface area contributed by atoms with Gasteiger partial charge in [0, 0.05) is 18.0 Å². The van der Waals surface area contributed by atoms with E-state index in [-0.39, 0.29) is 16.8 Å². The van der Waals surface area contributed by atoms with Crippen molar-refractivity contribution in [3.63, 3.8) is 0 Å². The molecule has 1 aliphatic carbocycles. The van der Waals surface area contributed by atoms with E-state index in [0.717, 1.165) is 28.5 Å². The molecule has 0 bridgehead atoms. The van der Waals surface area contributed by atoms with Crippen LogP contribution >= 0.6 is 0 Å². The van der Waals surface area contributed by atoms with Crippen molar-refractivity contribution in [2.45, 2.75) is 11.9 Å². The van der Waals surface area contributed by atoms with Crippen LogP contribution in [0.3, 0.4) is 0 Å². The fourth-order valence-corrected chi connectivity index (χ4v) is 3.20. The first kappa shape index (κ1) is 15.6. The average Bonchev–Trinajstić information content (AvgIpc) is 2.89. The van der Waals surface area contributed by atoms with Crippen molar-refractivity contribution in [3.05, 3.63) is 71.7 Å². The van der Waals surface area contributed by atoms with Crippen molar-refractivity contribution in [2.24, 2.45) is 5.92 Å². The molecule has 0 saturated heterocycles. The second kappa shape index (κ2) is 5.74. The highest BCUT2D eigenvalue weighted by atomic mass is 32.2. The molecule has 0 radical (unpaired) electrons. The van der Waals surface area contributed by atoms with Crippen LogP contribution in [-0.2, 0) is 9.84 Å². The van der Waals surface area contributed by atoms with Gasteiger partial charge in [-0.2, -0.15) is 0 Å². The molecule has 1 atom stereocenters. The summed E-state index contributed by atoms with van der Waals surface area (Å²) in [4.78, 5) is 4.05. The van der Waals surface area contributed by atoms with Gasteiger partial charge in [-0.1, -0.05) is 31.2 Å². The molecule has 5 heteroatoms. The summed E-state index contributed by atoms with van der Waals surface area (Å²) in [5.74, 6) is -0.0234. The SMILES string of the molecule is CC1C=C(c2ccc(F)cc2)C(c2ccc(S(C)(=O)=O)nc2)=C1. The number of hydrogen-bond acceptors (Lipinski definition) is 3. The molecule has 1 aromatic heterocycles. The van der Waals surface area contributed by atoms with Gasteiger partial charge in [0.2, 0.25) is 0 Å². The van der Waals surface area contributed by atoms with Crippen LogP contribution in [0.1, 0.15) is 18.1 Å². The number of nitrogens with zero attached hydrogens (tertiary/aromatic N) is 1. The van der Waals surface area contributed by atoms with Gasteiger partial charge in [0.15, 0.2) is 14.9 Å². The zero-order chi connectivity index (χ0) is 16.6. The Labute approximate surface area is 135 Å². The number of benzene rings is 1. The Morgan fingerprint density at radius 1 is 0.957 bits per heavy atom. The zero-order valence-electron chi connectivity index (χ0n) is 12.8. The van der Waals surface area contributed by atoms with Gasteiger partial charge in [-0.05, 0) is 46.9 Å². The van der Waals surface area contributed by atoms with E-state index in [1.54, 1.807) is 24.4 Å². The molecule has 3 rings (SSSR count). The van der Waals surface area contributed by atoms with Gasteiger partial charge in [0.25, 0.3) is 0 Å². The number of allylic oxidation sites excluding steroid dienone is 4. The summed E-state index contributed by atoms with van der Waals surface area (Å²) in [6, 6.07) is 9.61. The minimum Gasteiger partial charge on any atom is -0.244 e. The van der Waals surface area contributed by atoms with E-state index in [1.165, 1.54) is 18.2 Å². The molecule has 0 aliphatic heterocycles. The zero-order valence-corrected chi connectivity index (χ0v) is 13.6. The minimum absolute atomic E-state index is 0.0557. The van der Waals surface area contributed by atoms with E-state index in [0.29, 0.717) is 0 Å². The van der Waals surface area contributed by atoms with E-state index in [4.69, 9.17) is 0 Å². The van der Waals surface area contributed by atoms with Crippen LogP contribution in [0.4, 0.5) is 4.39 Å². The highest BCUT2D eigenvalue weighted by Crippen LogP contribution is 2.38. The predicted octanol–water partition coefficient (Wildman–Crippen LogP) is 3.74. The highest BCUT2D eigenvalue weighted by Gasteiger charge is 2.19. The van der Waals surface area contributed by atoms with Crippen LogP contribution in [0, 0.1) is 11.7 Å². The summed E-state index contributed by atoms with van der Waals surface area (Å²) in [6.07, 6.45) is 6.90. The van der Waals surface area contributed by atoms with E-state index >= 15 is 0 Å². The number of aromatic nitrogens is 1. The Balaban J connectivity index is 2.00. The molecule has 0 fully saturated rings. The van der Waals surface area contributed by atoms with Crippen LogP contribution < -0.4 is 0 Å². The summed E-state index contributed by atoms with van der Waals surface area (Å²) < 4.78 is 36.1. The lowest BCUT2D eigenvalue weighted by Gasteiger charge is -2.10. The molecule has 0 N–H and O–H groups in total. The molecule has 0 spiro atoms. The van der Waals surface area contributed by atoms with Gasteiger partial charge < -0.3 is 0 Å². The normalized spacial score (nSPS) is 17.8. The fraction of sp³-hybridized carbons (Fsp3) is 0.167. The second-order valence-corrected chi connectivity index (χ2v) is 7.65. The molecule has 0 saturated carbocycles. The van der Waals surface area contributed by atoms with Crippen LogP contribution in [-0.4, -0.2) is 19.7 Å². The molecular formula is C18H16FNO2S. The van der Waals surface area contributed by atoms with Gasteiger partial charge >= 0.3 is 0 Å². The Hall–Kier alpha value is -2.27. The molecular weight excluding hydrogens is 313 g/mol. The predicted molar refractivity (Wildman–Crippen MR) is 88.9 cm³/mol. The molecule has 1 aliphatic rings. The van der Waals surface area contributed by atoms with Crippen LogP contribution in [0.15, 0.2) is 59.8 Å². The third-order valence-corrected chi connectivity index (χ3v) is 4.73. The number of rotatable bonds is 3. The number of sulfone groups is 1. The number of hydrogen-bond donors (Lipinski definition) is 0. The Morgan fingerprint density at radius 3 is 2.04 bits per heavy atom. The standard InChI is InChI=1S/C18H16FNO2S/c1-12-9-16(13-3-6-15(19)7-4-13)17(10-12)14-5-8-18(20-11-14)23(2,21)22/h3-12H,1-2H3. The number of pyridine rings is 1. The monoisotopic (exact) mass is 329 g/mol. The molecule has 2 aromatic rings. The van der Waals surface area contributed by atoms with Crippen LogP contribution in [0.2, 0.25) is 0 Å². The Morgan fingerprint density at radius 2 is 1.52 bits per heavy atom. The molecule has 1 unspecified atom stereocenters. The van der Waals surface area contributed by atoms with Gasteiger partial charge in [-0.3, -0.25) is 0 Å². The molecule has 1 heterocycles. The van der Waals surface area contributed by atoms with E-state index in [9.17, 15) is 12.8 Å². The first-order valence-electron chi connectivity index (χ1n) is 7.21. The topological polar surface area (TPSA) is 47.0 Å². The lowest BCUT2D eigenvalue weighted by atomic mass is 9.96. The third-order valence-electron chi connectivity index (χ3n) is 3.73. The lowest BCUT2D eigenvalue weighted by Crippen LogP contribution is -2.00. The summed E-state index contributed by atoms with van der Waals surface area (Å²) >= 11 is 0. The first-order chi connectivity index (χ1) is 10.8. The maximum atomic E-state index is 13.1. The Bertz CT molecular complexity index is 895. The molecule has 118 valence electrons. The summed E-state index contributed by atoms with van der Waals surface area (Å²) in [5.41, 5.74) is 3.76. The van der Waals surface area contributed by atoms with Crippen molar-refractivity contribution in [2.75, 3.05) is 6.26 Å².